The van der Waals surface area contributed by atoms with E-state index in [0.29, 0.717) is 5.56 Å². The van der Waals surface area contributed by atoms with E-state index in [2.05, 4.69) is 38.4 Å². The van der Waals surface area contributed by atoms with Crippen LogP contribution < -0.4 is 5.32 Å². The summed E-state index contributed by atoms with van der Waals surface area (Å²) in [5, 5.41) is 3.13. The Morgan fingerprint density at radius 3 is 2.61 bits per heavy atom. The van der Waals surface area contributed by atoms with Crippen molar-refractivity contribution in [3.05, 3.63) is 89.6 Å². The molecule has 3 aromatic rings. The molecule has 2 aromatic carbocycles. The number of hydrogen-bond donors (Lipinski definition) is 1. The van der Waals surface area contributed by atoms with Crippen molar-refractivity contribution in [2.45, 2.75) is 51.0 Å². The molecule has 38 heavy (non-hydrogen) atoms. The first-order valence-corrected chi connectivity index (χ1v) is 13.5. The number of nitrogens with zero attached hydrogens (tertiary/aromatic N) is 3. The lowest BCUT2D eigenvalue weighted by Gasteiger charge is -2.30. The van der Waals surface area contributed by atoms with Gasteiger partial charge in [0.2, 0.25) is 5.91 Å². The third-order valence-electron chi connectivity index (χ3n) is 7.78. The van der Waals surface area contributed by atoms with Gasteiger partial charge in [0, 0.05) is 43.2 Å². The van der Waals surface area contributed by atoms with Gasteiger partial charge in [0.25, 0.3) is 0 Å². The van der Waals surface area contributed by atoms with Crippen LogP contribution in [-0.4, -0.2) is 46.5 Å². The summed E-state index contributed by atoms with van der Waals surface area (Å²) < 4.78 is 13.3. The van der Waals surface area contributed by atoms with Crippen molar-refractivity contribution in [3.8, 4) is 11.3 Å². The zero-order chi connectivity index (χ0) is 25.5. The van der Waals surface area contributed by atoms with Crippen molar-refractivity contribution < 1.29 is 9.18 Å². The van der Waals surface area contributed by atoms with Crippen LogP contribution in [0.5, 0.6) is 0 Å². The Balaban J connectivity index is 0.00000336. The Bertz CT molecular complexity index is 1230. The van der Waals surface area contributed by atoms with Crippen LogP contribution in [0.4, 0.5) is 4.39 Å². The van der Waals surface area contributed by atoms with E-state index >= 15 is 0 Å². The van der Waals surface area contributed by atoms with Crippen molar-refractivity contribution >= 4 is 24.4 Å². The third-order valence-corrected chi connectivity index (χ3v) is 7.78. The predicted octanol–water partition coefficient (Wildman–Crippen LogP) is 5.88. The van der Waals surface area contributed by atoms with Gasteiger partial charge >= 0.3 is 0 Å². The summed E-state index contributed by atoms with van der Waals surface area (Å²) >= 11 is 0. The lowest BCUT2D eigenvalue weighted by Crippen LogP contribution is -2.37. The van der Waals surface area contributed by atoms with E-state index < -0.39 is 0 Å². The number of benzene rings is 2. The van der Waals surface area contributed by atoms with Gasteiger partial charge in [0.15, 0.2) is 0 Å². The first kappa shape index (κ1) is 27.9. The quantitative estimate of drug-likeness (QED) is 0.384. The minimum Gasteiger partial charge on any atom is -0.350 e. The second kappa shape index (κ2) is 13.6. The van der Waals surface area contributed by atoms with Crippen molar-refractivity contribution in [3.63, 3.8) is 0 Å². The molecule has 1 saturated carbocycles. The smallest absolute Gasteiger partial charge is 0.244 e. The van der Waals surface area contributed by atoms with E-state index in [9.17, 15) is 9.18 Å². The van der Waals surface area contributed by atoms with Crippen LogP contribution in [0.25, 0.3) is 17.3 Å². The van der Waals surface area contributed by atoms with Gasteiger partial charge in [-0.25, -0.2) is 4.39 Å². The average Bonchev–Trinajstić information content (AvgIpc) is 3.14. The molecule has 0 unspecified atom stereocenters. The van der Waals surface area contributed by atoms with Crippen molar-refractivity contribution in [1.82, 2.24) is 20.2 Å². The molecule has 1 N–H and O–H groups in total. The van der Waals surface area contributed by atoms with Gasteiger partial charge < -0.3 is 10.2 Å². The van der Waals surface area contributed by atoms with Gasteiger partial charge in [0.05, 0.1) is 11.9 Å². The molecule has 1 aromatic heterocycles. The average molecular weight is 535 g/mol. The zero-order valence-corrected chi connectivity index (χ0v) is 22.5. The molecule has 1 fully saturated rings. The summed E-state index contributed by atoms with van der Waals surface area (Å²) in [5.74, 6) is 0.335. The summed E-state index contributed by atoms with van der Waals surface area (Å²) in [5.41, 5.74) is 5.67. The van der Waals surface area contributed by atoms with Gasteiger partial charge in [-0.05, 0) is 98.4 Å². The number of nitrogens with one attached hydrogen (secondary N) is 1. The molecule has 5 nitrogen and oxygen atoms in total. The van der Waals surface area contributed by atoms with Crippen molar-refractivity contribution in [2.24, 2.45) is 5.92 Å². The van der Waals surface area contributed by atoms with Gasteiger partial charge in [-0.1, -0.05) is 24.3 Å². The molecule has 2 aliphatic rings. The SMILES string of the molecule is Cl.O=C(/C=C/c1cccc(F)c1)NC1CCC(CCN2CCc3ccc(-c4cnccn4)cc3CC2)CC1. The van der Waals surface area contributed by atoms with Crippen LogP contribution >= 0.6 is 12.4 Å². The second-order valence-electron chi connectivity index (χ2n) is 10.3. The minimum absolute atomic E-state index is 0. The van der Waals surface area contributed by atoms with E-state index in [1.807, 2.05) is 6.20 Å². The van der Waals surface area contributed by atoms with E-state index in [-0.39, 0.29) is 30.2 Å². The van der Waals surface area contributed by atoms with Crippen LogP contribution in [0.2, 0.25) is 0 Å². The second-order valence-corrected chi connectivity index (χ2v) is 10.3. The minimum atomic E-state index is -0.293. The highest BCUT2D eigenvalue weighted by atomic mass is 35.5. The number of amides is 1. The van der Waals surface area contributed by atoms with Crippen molar-refractivity contribution in [2.75, 3.05) is 19.6 Å². The van der Waals surface area contributed by atoms with Crippen LogP contribution in [0, 0.1) is 11.7 Å². The highest BCUT2D eigenvalue weighted by Crippen LogP contribution is 2.28. The van der Waals surface area contributed by atoms with Crippen LogP contribution in [0.15, 0.2) is 67.1 Å². The van der Waals surface area contributed by atoms with Gasteiger partial charge in [-0.2, -0.15) is 0 Å². The first-order chi connectivity index (χ1) is 18.1. The molecule has 2 heterocycles. The normalized spacial score (nSPS) is 19.8. The molecule has 0 bridgehead atoms. The van der Waals surface area contributed by atoms with Crippen LogP contribution in [-0.2, 0) is 17.6 Å². The molecule has 1 aliphatic carbocycles. The molecule has 0 radical (unpaired) electrons. The maximum Gasteiger partial charge on any atom is 0.244 e. The molecule has 0 atom stereocenters. The molecule has 5 rings (SSSR count). The Labute approximate surface area is 231 Å². The first-order valence-electron chi connectivity index (χ1n) is 13.5. The summed E-state index contributed by atoms with van der Waals surface area (Å²) in [6.45, 7) is 3.35. The molecule has 1 aliphatic heterocycles. The van der Waals surface area contributed by atoms with Gasteiger partial charge in [-0.15, -0.1) is 12.4 Å². The molecular formula is C31H36ClFN4O. The number of aromatic nitrogens is 2. The lowest BCUT2D eigenvalue weighted by molar-refractivity contribution is -0.117. The van der Waals surface area contributed by atoms with Crippen molar-refractivity contribution in [1.29, 1.82) is 0 Å². The monoisotopic (exact) mass is 534 g/mol. The number of carbonyl (C=O) groups excluding carboxylic acids is 1. The topological polar surface area (TPSA) is 58.1 Å². The lowest BCUT2D eigenvalue weighted by atomic mass is 9.84. The standard InChI is InChI=1S/C31H35FN4O.ClH/c32-28-3-1-2-24(20-28)6-11-31(37)35-29-9-4-23(5-10-29)12-17-36-18-13-25-7-8-27(21-26(25)14-19-36)30-22-33-15-16-34-30;/h1-3,6-8,11,15-16,20-23,29H,4-5,9-10,12-14,17-19H2,(H,35,37);1H/b11-6+;. The maximum atomic E-state index is 13.3. The maximum absolute atomic E-state index is 13.3. The van der Waals surface area contributed by atoms with Crippen LogP contribution in [0.1, 0.15) is 48.8 Å². The number of halogens is 2. The van der Waals surface area contributed by atoms with Crippen LogP contribution in [0.3, 0.4) is 0 Å². The summed E-state index contributed by atoms with van der Waals surface area (Å²) in [6, 6.07) is 13.2. The van der Waals surface area contributed by atoms with E-state index in [4.69, 9.17) is 0 Å². The largest absolute Gasteiger partial charge is 0.350 e. The molecule has 200 valence electrons. The zero-order valence-electron chi connectivity index (χ0n) is 21.7. The Morgan fingerprint density at radius 1 is 1.03 bits per heavy atom. The highest BCUT2D eigenvalue weighted by molar-refractivity contribution is 5.91. The summed E-state index contributed by atoms with van der Waals surface area (Å²) in [7, 11) is 0. The fourth-order valence-corrected chi connectivity index (χ4v) is 5.59. The number of rotatable bonds is 7. The summed E-state index contributed by atoms with van der Waals surface area (Å²) in [6.07, 6.45) is 16.2. The van der Waals surface area contributed by atoms with Gasteiger partial charge in [0.1, 0.15) is 5.82 Å². The molecule has 1 amide bonds. The number of fused-ring (bicyclic) bond motifs is 1. The predicted molar refractivity (Wildman–Crippen MR) is 153 cm³/mol. The van der Waals surface area contributed by atoms with E-state index in [0.717, 1.165) is 75.3 Å². The summed E-state index contributed by atoms with van der Waals surface area (Å²) in [4.78, 5) is 23.6. The molecular weight excluding hydrogens is 499 g/mol. The number of hydrogen-bond acceptors (Lipinski definition) is 4. The Hall–Kier alpha value is -3.09. The molecule has 7 heteroatoms. The molecule has 0 spiro atoms. The number of carbonyl (C=O) groups is 1. The van der Waals surface area contributed by atoms with Gasteiger partial charge in [-0.3, -0.25) is 14.8 Å². The third kappa shape index (κ3) is 7.71. The van der Waals surface area contributed by atoms with E-state index in [1.165, 1.54) is 35.8 Å². The fraction of sp³-hybridized carbons (Fsp3) is 0.387. The Morgan fingerprint density at radius 2 is 1.84 bits per heavy atom. The van der Waals surface area contributed by atoms with E-state index in [1.54, 1.807) is 30.6 Å². The Kier molecular flexibility index (Phi) is 10.0. The highest BCUT2D eigenvalue weighted by Gasteiger charge is 2.23. The fourth-order valence-electron chi connectivity index (χ4n) is 5.59. The molecule has 0 saturated heterocycles.